The molecule has 2 amide bonds. The SMILES string of the molecule is Cc1noc(C)c1CN1C(=O)NC2(CCNCC2)C1O. The molecule has 0 aliphatic carbocycles. The van der Waals surface area contributed by atoms with Gasteiger partial charge in [-0.3, -0.25) is 4.90 Å². The molecule has 2 saturated heterocycles. The maximum absolute atomic E-state index is 12.2. The van der Waals surface area contributed by atoms with Gasteiger partial charge in [0, 0.05) is 5.56 Å². The van der Waals surface area contributed by atoms with Crippen molar-refractivity contribution in [3.8, 4) is 0 Å². The number of nitrogens with zero attached hydrogens (tertiary/aromatic N) is 2. The largest absolute Gasteiger partial charge is 0.371 e. The van der Waals surface area contributed by atoms with Crippen LogP contribution in [0.5, 0.6) is 0 Å². The second-order valence-corrected chi connectivity index (χ2v) is 5.64. The van der Waals surface area contributed by atoms with E-state index in [0.717, 1.165) is 37.2 Å². The molecule has 3 N–H and O–H groups in total. The predicted octanol–water partition coefficient (Wildman–Crippen LogP) is 0.257. The van der Waals surface area contributed by atoms with Gasteiger partial charge in [-0.25, -0.2) is 4.79 Å². The van der Waals surface area contributed by atoms with E-state index in [4.69, 9.17) is 4.52 Å². The van der Waals surface area contributed by atoms with Crippen molar-refractivity contribution in [2.75, 3.05) is 13.1 Å². The van der Waals surface area contributed by atoms with Crippen LogP contribution in [-0.4, -0.2) is 46.1 Å². The van der Waals surface area contributed by atoms with E-state index in [1.54, 1.807) is 0 Å². The average Bonchev–Trinajstić information content (AvgIpc) is 2.85. The molecule has 2 aliphatic rings. The summed E-state index contributed by atoms with van der Waals surface area (Å²) in [6.07, 6.45) is 0.654. The number of hydrogen-bond donors (Lipinski definition) is 3. The first-order valence-electron chi connectivity index (χ1n) is 6.93. The summed E-state index contributed by atoms with van der Waals surface area (Å²) in [5.74, 6) is 0.689. The Kier molecular flexibility index (Phi) is 3.18. The zero-order valence-electron chi connectivity index (χ0n) is 11.8. The van der Waals surface area contributed by atoms with Gasteiger partial charge in [-0.15, -0.1) is 0 Å². The van der Waals surface area contributed by atoms with Crippen molar-refractivity contribution in [3.05, 3.63) is 17.0 Å². The second kappa shape index (κ2) is 4.75. The molecule has 0 aromatic carbocycles. The summed E-state index contributed by atoms with van der Waals surface area (Å²) < 4.78 is 5.11. The minimum Gasteiger partial charge on any atom is -0.371 e. The van der Waals surface area contributed by atoms with Crippen LogP contribution in [0.2, 0.25) is 0 Å². The molecule has 1 atom stereocenters. The normalized spacial score (nSPS) is 25.2. The molecular formula is C13H20N4O3. The maximum Gasteiger partial charge on any atom is 0.320 e. The number of hydrogen-bond acceptors (Lipinski definition) is 5. The lowest BCUT2D eigenvalue weighted by Crippen LogP contribution is -2.56. The van der Waals surface area contributed by atoms with E-state index < -0.39 is 11.8 Å². The molecule has 1 aromatic heterocycles. The first-order valence-corrected chi connectivity index (χ1v) is 6.93. The number of amides is 2. The lowest BCUT2D eigenvalue weighted by Gasteiger charge is -2.36. The number of carbonyl (C=O) groups excluding carboxylic acids is 1. The highest BCUT2D eigenvalue weighted by Gasteiger charge is 2.51. The Hall–Kier alpha value is -1.60. The fourth-order valence-corrected chi connectivity index (χ4v) is 3.07. The number of aliphatic hydroxyl groups is 1. The van der Waals surface area contributed by atoms with Crippen molar-refractivity contribution in [2.45, 2.75) is 45.0 Å². The van der Waals surface area contributed by atoms with Gasteiger partial charge in [-0.1, -0.05) is 5.16 Å². The van der Waals surface area contributed by atoms with Gasteiger partial charge in [0.2, 0.25) is 0 Å². The molecule has 0 bridgehead atoms. The van der Waals surface area contributed by atoms with Gasteiger partial charge < -0.3 is 20.3 Å². The van der Waals surface area contributed by atoms with E-state index in [1.165, 1.54) is 4.90 Å². The molecule has 110 valence electrons. The molecule has 1 spiro atoms. The molecule has 2 fully saturated rings. The number of carbonyl (C=O) groups is 1. The number of aryl methyl sites for hydroxylation is 2. The van der Waals surface area contributed by atoms with Crippen LogP contribution in [0.1, 0.15) is 29.9 Å². The Morgan fingerprint density at radius 3 is 2.75 bits per heavy atom. The third-order valence-electron chi connectivity index (χ3n) is 4.41. The molecule has 7 nitrogen and oxygen atoms in total. The maximum atomic E-state index is 12.2. The van der Waals surface area contributed by atoms with Crippen molar-refractivity contribution >= 4 is 6.03 Å². The van der Waals surface area contributed by atoms with E-state index in [1.807, 2.05) is 13.8 Å². The van der Waals surface area contributed by atoms with Gasteiger partial charge in [0.25, 0.3) is 0 Å². The van der Waals surface area contributed by atoms with E-state index >= 15 is 0 Å². The standard InChI is InChI=1S/C13H20N4O3/c1-8-10(9(2)20-16-8)7-17-11(18)13(15-12(17)19)3-5-14-6-4-13/h11,14,18H,3-7H2,1-2H3,(H,15,19). The molecule has 1 aromatic rings. The molecule has 20 heavy (non-hydrogen) atoms. The quantitative estimate of drug-likeness (QED) is 0.723. The highest BCUT2D eigenvalue weighted by molar-refractivity contribution is 5.78. The summed E-state index contributed by atoms with van der Waals surface area (Å²) in [4.78, 5) is 13.7. The predicted molar refractivity (Wildman–Crippen MR) is 70.9 cm³/mol. The highest BCUT2D eigenvalue weighted by atomic mass is 16.5. The van der Waals surface area contributed by atoms with E-state index in [-0.39, 0.29) is 6.03 Å². The lowest BCUT2D eigenvalue weighted by atomic mass is 9.87. The number of aromatic nitrogens is 1. The Morgan fingerprint density at radius 2 is 2.15 bits per heavy atom. The smallest absolute Gasteiger partial charge is 0.320 e. The van der Waals surface area contributed by atoms with Gasteiger partial charge in [-0.2, -0.15) is 0 Å². The summed E-state index contributed by atoms with van der Waals surface area (Å²) in [5.41, 5.74) is 1.10. The van der Waals surface area contributed by atoms with E-state index in [0.29, 0.717) is 12.3 Å². The number of aliphatic hydroxyl groups excluding tert-OH is 1. The van der Waals surface area contributed by atoms with Crippen LogP contribution in [0.3, 0.4) is 0 Å². The van der Waals surface area contributed by atoms with Crippen LogP contribution in [0.15, 0.2) is 4.52 Å². The second-order valence-electron chi connectivity index (χ2n) is 5.64. The summed E-state index contributed by atoms with van der Waals surface area (Å²) in [6, 6.07) is -0.223. The Morgan fingerprint density at radius 1 is 1.45 bits per heavy atom. The minimum atomic E-state index is -0.814. The number of piperidine rings is 1. The van der Waals surface area contributed by atoms with Crippen molar-refractivity contribution < 1.29 is 14.4 Å². The molecule has 7 heteroatoms. The van der Waals surface area contributed by atoms with Crippen LogP contribution in [0.25, 0.3) is 0 Å². The molecule has 3 rings (SSSR count). The Bertz CT molecular complexity index is 502. The Balaban J connectivity index is 1.82. The molecular weight excluding hydrogens is 260 g/mol. The fourth-order valence-electron chi connectivity index (χ4n) is 3.07. The van der Waals surface area contributed by atoms with Gasteiger partial charge in [0.05, 0.1) is 17.8 Å². The first-order chi connectivity index (χ1) is 9.53. The minimum absolute atomic E-state index is 0.223. The number of nitrogens with one attached hydrogen (secondary N) is 2. The zero-order chi connectivity index (χ0) is 14.3. The van der Waals surface area contributed by atoms with Gasteiger partial charge >= 0.3 is 6.03 Å². The van der Waals surface area contributed by atoms with Crippen molar-refractivity contribution in [1.82, 2.24) is 20.7 Å². The lowest BCUT2D eigenvalue weighted by molar-refractivity contribution is -0.0136. The summed E-state index contributed by atoms with van der Waals surface area (Å²) in [6.45, 7) is 5.58. The van der Waals surface area contributed by atoms with Gasteiger partial charge in [0.1, 0.15) is 5.76 Å². The highest BCUT2D eigenvalue weighted by Crippen LogP contribution is 2.32. The average molecular weight is 280 g/mol. The molecule has 2 aliphatic heterocycles. The molecule has 3 heterocycles. The monoisotopic (exact) mass is 280 g/mol. The Labute approximate surface area is 117 Å². The molecule has 0 radical (unpaired) electrons. The van der Waals surface area contributed by atoms with Crippen molar-refractivity contribution in [3.63, 3.8) is 0 Å². The van der Waals surface area contributed by atoms with Crippen LogP contribution >= 0.6 is 0 Å². The van der Waals surface area contributed by atoms with Crippen LogP contribution in [-0.2, 0) is 6.54 Å². The van der Waals surface area contributed by atoms with Crippen LogP contribution in [0, 0.1) is 13.8 Å². The summed E-state index contributed by atoms with van der Waals surface area (Å²) >= 11 is 0. The third-order valence-corrected chi connectivity index (χ3v) is 4.41. The molecule has 1 unspecified atom stereocenters. The van der Waals surface area contributed by atoms with Gasteiger partial charge in [0.15, 0.2) is 6.23 Å². The van der Waals surface area contributed by atoms with Crippen LogP contribution in [0.4, 0.5) is 4.79 Å². The number of urea groups is 1. The van der Waals surface area contributed by atoms with E-state index in [9.17, 15) is 9.90 Å². The topological polar surface area (TPSA) is 90.6 Å². The first kappa shape index (κ1) is 13.4. The van der Waals surface area contributed by atoms with Crippen LogP contribution < -0.4 is 10.6 Å². The van der Waals surface area contributed by atoms with Crippen molar-refractivity contribution in [2.24, 2.45) is 0 Å². The summed E-state index contributed by atoms with van der Waals surface area (Å²) in [7, 11) is 0. The van der Waals surface area contributed by atoms with Crippen molar-refractivity contribution in [1.29, 1.82) is 0 Å². The fraction of sp³-hybridized carbons (Fsp3) is 0.692. The third kappa shape index (κ3) is 1.97. The summed E-state index contributed by atoms with van der Waals surface area (Å²) in [5, 5.41) is 20.7. The number of rotatable bonds is 2. The zero-order valence-corrected chi connectivity index (χ0v) is 11.8. The van der Waals surface area contributed by atoms with Gasteiger partial charge in [-0.05, 0) is 39.8 Å². The van der Waals surface area contributed by atoms with E-state index in [2.05, 4.69) is 15.8 Å². The molecule has 0 saturated carbocycles.